The van der Waals surface area contributed by atoms with E-state index in [4.69, 9.17) is 5.73 Å². The molecule has 0 aromatic heterocycles. The molecule has 1 aromatic carbocycles. The molecule has 0 aliphatic heterocycles. The number of ether oxygens (including phenoxy) is 1. The quantitative estimate of drug-likeness (QED) is 0.598. The van der Waals surface area contributed by atoms with Crippen molar-refractivity contribution >= 4 is 11.7 Å². The molecule has 2 N–H and O–H groups in total. The van der Waals surface area contributed by atoms with Crippen molar-refractivity contribution < 1.29 is 18.3 Å². The lowest BCUT2D eigenvalue weighted by Crippen LogP contribution is -2.13. The zero-order chi connectivity index (χ0) is 10.6. The molecule has 76 valence electrons. The summed E-state index contributed by atoms with van der Waals surface area (Å²) in [5.41, 5.74) is 5.76. The Bertz CT molecular complexity index is 328. The molecule has 0 saturated carbocycles. The van der Waals surface area contributed by atoms with Crippen molar-refractivity contribution in [3.63, 3.8) is 0 Å². The van der Waals surface area contributed by atoms with E-state index in [2.05, 4.69) is 4.74 Å². The van der Waals surface area contributed by atoms with Crippen molar-refractivity contribution in [3.05, 3.63) is 29.8 Å². The highest BCUT2D eigenvalue weighted by atomic mass is 19.3. The van der Waals surface area contributed by atoms with E-state index >= 15 is 0 Å². The third-order valence-corrected chi connectivity index (χ3v) is 1.52. The second-order valence-corrected chi connectivity index (χ2v) is 2.58. The zero-order valence-corrected chi connectivity index (χ0v) is 7.24. The normalized spacial score (nSPS) is 10.2. The molecule has 5 heteroatoms. The molecule has 0 bridgehead atoms. The Kier molecular flexibility index (Phi) is 3.39. The SMILES string of the molecule is Nc1ccccc1C(=O)OCC(F)F. The molecule has 0 atom stereocenters. The van der Waals surface area contributed by atoms with Crippen molar-refractivity contribution in [1.29, 1.82) is 0 Å². The minimum Gasteiger partial charge on any atom is -0.456 e. The minimum absolute atomic E-state index is 0.105. The molecule has 0 saturated heterocycles. The van der Waals surface area contributed by atoms with E-state index in [1.807, 2.05) is 0 Å². The lowest BCUT2D eigenvalue weighted by molar-refractivity contribution is 0.0161. The van der Waals surface area contributed by atoms with Gasteiger partial charge < -0.3 is 10.5 Å². The number of para-hydroxylation sites is 1. The minimum atomic E-state index is -2.66. The highest BCUT2D eigenvalue weighted by Gasteiger charge is 2.12. The van der Waals surface area contributed by atoms with Crippen LogP contribution in [0.15, 0.2) is 24.3 Å². The number of carbonyl (C=O) groups excluding carboxylic acids is 1. The van der Waals surface area contributed by atoms with Crippen LogP contribution < -0.4 is 5.73 Å². The number of halogens is 2. The van der Waals surface area contributed by atoms with Gasteiger partial charge in [-0.15, -0.1) is 0 Å². The summed E-state index contributed by atoms with van der Waals surface area (Å²) in [5.74, 6) is -0.830. The van der Waals surface area contributed by atoms with Crippen LogP contribution in [0, 0.1) is 0 Å². The molecule has 0 fully saturated rings. The van der Waals surface area contributed by atoms with Gasteiger partial charge in [-0.05, 0) is 12.1 Å². The Morgan fingerprint density at radius 3 is 2.64 bits per heavy atom. The Hall–Kier alpha value is -1.65. The Morgan fingerprint density at radius 1 is 1.43 bits per heavy atom. The van der Waals surface area contributed by atoms with Gasteiger partial charge in [-0.3, -0.25) is 0 Å². The molecule has 14 heavy (non-hydrogen) atoms. The molecule has 0 aliphatic rings. The van der Waals surface area contributed by atoms with Crippen LogP contribution in [0.25, 0.3) is 0 Å². The van der Waals surface area contributed by atoms with Crippen molar-refractivity contribution in [1.82, 2.24) is 0 Å². The van der Waals surface area contributed by atoms with Crippen molar-refractivity contribution in [2.45, 2.75) is 6.43 Å². The first-order valence-electron chi connectivity index (χ1n) is 3.91. The summed E-state index contributed by atoms with van der Waals surface area (Å²) >= 11 is 0. The summed E-state index contributed by atoms with van der Waals surface area (Å²) < 4.78 is 27.7. The van der Waals surface area contributed by atoms with Gasteiger partial charge in [0.1, 0.15) is 0 Å². The highest BCUT2D eigenvalue weighted by Crippen LogP contribution is 2.12. The van der Waals surface area contributed by atoms with E-state index in [1.165, 1.54) is 12.1 Å². The van der Waals surface area contributed by atoms with Gasteiger partial charge in [0.25, 0.3) is 6.43 Å². The van der Waals surface area contributed by atoms with Gasteiger partial charge in [-0.25, -0.2) is 13.6 Å². The maximum Gasteiger partial charge on any atom is 0.340 e. The van der Waals surface area contributed by atoms with E-state index in [0.29, 0.717) is 0 Å². The van der Waals surface area contributed by atoms with E-state index in [0.717, 1.165) is 0 Å². The fourth-order valence-electron chi connectivity index (χ4n) is 0.899. The van der Waals surface area contributed by atoms with Crippen LogP contribution >= 0.6 is 0 Å². The molecule has 0 aliphatic carbocycles. The van der Waals surface area contributed by atoms with Gasteiger partial charge in [0.05, 0.1) is 5.56 Å². The zero-order valence-electron chi connectivity index (χ0n) is 7.24. The molecule has 1 aromatic rings. The second-order valence-electron chi connectivity index (χ2n) is 2.58. The van der Waals surface area contributed by atoms with E-state index < -0.39 is 19.0 Å². The summed E-state index contributed by atoms with van der Waals surface area (Å²) in [6.07, 6.45) is -2.66. The van der Waals surface area contributed by atoms with Crippen LogP contribution in [0.1, 0.15) is 10.4 Å². The van der Waals surface area contributed by atoms with Crippen LogP contribution in [-0.2, 0) is 4.74 Å². The average Bonchev–Trinajstić information content (AvgIpc) is 2.15. The fourth-order valence-corrected chi connectivity index (χ4v) is 0.899. The standard InChI is InChI=1S/C9H9F2NO2/c10-8(11)5-14-9(13)6-3-1-2-4-7(6)12/h1-4,8H,5,12H2. The number of carbonyl (C=O) groups is 1. The molecule has 0 amide bonds. The van der Waals surface area contributed by atoms with Crippen molar-refractivity contribution in [3.8, 4) is 0 Å². The summed E-state index contributed by atoms with van der Waals surface area (Å²) in [6.45, 7) is -0.910. The molecular formula is C9H9F2NO2. The molecule has 1 rings (SSSR count). The average molecular weight is 201 g/mol. The Morgan fingerprint density at radius 2 is 2.07 bits per heavy atom. The van der Waals surface area contributed by atoms with Crippen LogP contribution in [0.3, 0.4) is 0 Å². The number of nitrogen functional groups attached to an aromatic ring is 1. The predicted octanol–water partition coefficient (Wildman–Crippen LogP) is 1.69. The molecule has 0 radical (unpaired) electrons. The molecule has 3 nitrogen and oxygen atoms in total. The Balaban J connectivity index is 2.65. The Labute approximate surface area is 79.5 Å². The summed E-state index contributed by atoms with van der Waals surface area (Å²) in [7, 11) is 0. The summed E-state index contributed by atoms with van der Waals surface area (Å²) in [5, 5.41) is 0. The fraction of sp³-hybridized carbons (Fsp3) is 0.222. The van der Waals surface area contributed by atoms with Crippen LogP contribution in [0.2, 0.25) is 0 Å². The van der Waals surface area contributed by atoms with Gasteiger partial charge >= 0.3 is 5.97 Å². The van der Waals surface area contributed by atoms with E-state index in [9.17, 15) is 13.6 Å². The first-order chi connectivity index (χ1) is 6.61. The molecular weight excluding hydrogens is 192 g/mol. The highest BCUT2D eigenvalue weighted by molar-refractivity contribution is 5.94. The third kappa shape index (κ3) is 2.69. The smallest absolute Gasteiger partial charge is 0.340 e. The first-order valence-corrected chi connectivity index (χ1v) is 3.91. The number of hydrogen-bond acceptors (Lipinski definition) is 3. The second kappa shape index (κ2) is 4.55. The van der Waals surface area contributed by atoms with Crippen LogP contribution in [0.4, 0.5) is 14.5 Å². The number of rotatable bonds is 3. The van der Waals surface area contributed by atoms with E-state index in [-0.39, 0.29) is 11.3 Å². The van der Waals surface area contributed by atoms with Gasteiger partial charge in [-0.1, -0.05) is 12.1 Å². The number of nitrogens with two attached hydrogens (primary N) is 1. The lowest BCUT2D eigenvalue weighted by atomic mass is 10.2. The molecule has 0 unspecified atom stereocenters. The topological polar surface area (TPSA) is 52.3 Å². The monoisotopic (exact) mass is 201 g/mol. The van der Waals surface area contributed by atoms with Crippen LogP contribution in [0.5, 0.6) is 0 Å². The van der Waals surface area contributed by atoms with Crippen molar-refractivity contribution in [2.24, 2.45) is 0 Å². The number of alkyl halides is 2. The molecule has 0 heterocycles. The van der Waals surface area contributed by atoms with Gasteiger partial charge in [0, 0.05) is 5.69 Å². The predicted molar refractivity (Wildman–Crippen MR) is 47.1 cm³/mol. The number of esters is 1. The van der Waals surface area contributed by atoms with Gasteiger partial charge in [-0.2, -0.15) is 0 Å². The van der Waals surface area contributed by atoms with Gasteiger partial charge in [0.15, 0.2) is 6.61 Å². The maximum atomic E-state index is 11.7. The van der Waals surface area contributed by atoms with Gasteiger partial charge in [0.2, 0.25) is 0 Å². The number of hydrogen-bond donors (Lipinski definition) is 1. The first kappa shape index (κ1) is 10.4. The molecule has 0 spiro atoms. The summed E-state index contributed by atoms with van der Waals surface area (Å²) in [6, 6.07) is 6.14. The third-order valence-electron chi connectivity index (χ3n) is 1.52. The summed E-state index contributed by atoms with van der Waals surface area (Å²) in [4.78, 5) is 11.1. The van der Waals surface area contributed by atoms with Crippen LogP contribution in [-0.4, -0.2) is 19.0 Å². The number of benzene rings is 1. The largest absolute Gasteiger partial charge is 0.456 e. The maximum absolute atomic E-state index is 11.7. The van der Waals surface area contributed by atoms with E-state index in [1.54, 1.807) is 12.1 Å². The lowest BCUT2D eigenvalue weighted by Gasteiger charge is -2.05. The van der Waals surface area contributed by atoms with Crippen molar-refractivity contribution in [2.75, 3.05) is 12.3 Å². The number of anilines is 1.